The van der Waals surface area contributed by atoms with Gasteiger partial charge in [-0.25, -0.2) is 0 Å². The zero-order valence-corrected chi connectivity index (χ0v) is 10.4. The van der Waals surface area contributed by atoms with Crippen molar-refractivity contribution in [3.63, 3.8) is 0 Å². The highest BCUT2D eigenvalue weighted by molar-refractivity contribution is 6.17. The lowest BCUT2D eigenvalue weighted by Crippen LogP contribution is -2.35. The fraction of sp³-hybridized carbons (Fsp3) is 0.750. The highest BCUT2D eigenvalue weighted by Gasteiger charge is 2.36. The van der Waals surface area contributed by atoms with E-state index in [-0.39, 0.29) is 11.2 Å². The molecule has 1 nitrogen and oxygen atoms in total. The van der Waals surface area contributed by atoms with E-state index in [0.717, 1.165) is 12.8 Å². The third-order valence-electron chi connectivity index (χ3n) is 2.48. The van der Waals surface area contributed by atoms with E-state index in [1.807, 2.05) is 27.7 Å². The Morgan fingerprint density at radius 2 is 1.86 bits per heavy atom. The van der Waals surface area contributed by atoms with Gasteiger partial charge in [-0.1, -0.05) is 26.8 Å². The molecule has 0 amide bonds. The largest absolute Gasteiger partial charge is 0.298 e. The molecule has 0 aromatic carbocycles. The van der Waals surface area contributed by atoms with Gasteiger partial charge in [-0.15, -0.1) is 18.2 Å². The van der Waals surface area contributed by atoms with E-state index in [4.69, 9.17) is 11.6 Å². The molecule has 0 spiro atoms. The first-order valence-corrected chi connectivity index (χ1v) is 5.56. The smallest absolute Gasteiger partial charge is 0.147 e. The first kappa shape index (κ1) is 13.7. The average molecular weight is 217 g/mol. The van der Waals surface area contributed by atoms with Crippen molar-refractivity contribution in [3.8, 4) is 0 Å². The highest BCUT2D eigenvalue weighted by Crippen LogP contribution is 2.34. The van der Waals surface area contributed by atoms with Crippen LogP contribution in [0.25, 0.3) is 0 Å². The van der Waals surface area contributed by atoms with Crippen LogP contribution in [0.15, 0.2) is 12.7 Å². The SMILES string of the molecule is C=CC(C)(CCCCl)C(=O)C(C)(C)C. The maximum absolute atomic E-state index is 12.1. The molecule has 0 rings (SSSR count). The summed E-state index contributed by atoms with van der Waals surface area (Å²) >= 11 is 5.64. The van der Waals surface area contributed by atoms with Crippen LogP contribution in [0.1, 0.15) is 40.5 Å². The fourth-order valence-electron chi connectivity index (χ4n) is 1.60. The van der Waals surface area contributed by atoms with Gasteiger partial charge in [0.2, 0.25) is 0 Å². The second-order valence-corrected chi connectivity index (χ2v) is 5.37. The zero-order valence-electron chi connectivity index (χ0n) is 9.69. The summed E-state index contributed by atoms with van der Waals surface area (Å²) in [5, 5.41) is 0. The fourth-order valence-corrected chi connectivity index (χ4v) is 1.73. The van der Waals surface area contributed by atoms with Gasteiger partial charge in [0, 0.05) is 16.7 Å². The van der Waals surface area contributed by atoms with Crippen molar-refractivity contribution in [1.82, 2.24) is 0 Å². The van der Waals surface area contributed by atoms with Crippen LogP contribution < -0.4 is 0 Å². The molecule has 0 radical (unpaired) electrons. The molecular weight excluding hydrogens is 196 g/mol. The van der Waals surface area contributed by atoms with Crippen LogP contribution in [-0.2, 0) is 4.79 Å². The second kappa shape index (κ2) is 4.97. The van der Waals surface area contributed by atoms with E-state index in [1.54, 1.807) is 6.08 Å². The molecule has 0 heterocycles. The van der Waals surface area contributed by atoms with Crippen molar-refractivity contribution < 1.29 is 4.79 Å². The molecule has 0 saturated heterocycles. The number of halogens is 1. The van der Waals surface area contributed by atoms with Crippen molar-refractivity contribution in [3.05, 3.63) is 12.7 Å². The summed E-state index contributed by atoms with van der Waals surface area (Å²) in [5.74, 6) is 0.839. The van der Waals surface area contributed by atoms with Crippen LogP contribution in [-0.4, -0.2) is 11.7 Å². The van der Waals surface area contributed by atoms with Crippen molar-refractivity contribution in [2.75, 3.05) is 5.88 Å². The molecular formula is C12H21ClO. The first-order chi connectivity index (χ1) is 6.28. The number of alkyl halides is 1. The van der Waals surface area contributed by atoms with E-state index < -0.39 is 5.41 Å². The first-order valence-electron chi connectivity index (χ1n) is 5.02. The Bertz CT molecular complexity index is 215. The van der Waals surface area contributed by atoms with Gasteiger partial charge in [-0.3, -0.25) is 4.79 Å². The molecule has 1 unspecified atom stereocenters. The number of hydrogen-bond acceptors (Lipinski definition) is 1. The van der Waals surface area contributed by atoms with Gasteiger partial charge in [-0.2, -0.15) is 0 Å². The molecule has 0 aromatic rings. The Balaban J connectivity index is 4.68. The van der Waals surface area contributed by atoms with E-state index in [9.17, 15) is 4.79 Å². The normalized spacial score (nSPS) is 16.1. The van der Waals surface area contributed by atoms with Crippen molar-refractivity contribution in [1.29, 1.82) is 0 Å². The van der Waals surface area contributed by atoms with Crippen LogP contribution in [0, 0.1) is 10.8 Å². The summed E-state index contributed by atoms with van der Waals surface area (Å²) < 4.78 is 0. The Labute approximate surface area is 92.5 Å². The summed E-state index contributed by atoms with van der Waals surface area (Å²) in [6.07, 6.45) is 3.40. The van der Waals surface area contributed by atoms with Crippen LogP contribution in [0.4, 0.5) is 0 Å². The van der Waals surface area contributed by atoms with Gasteiger partial charge in [0.1, 0.15) is 5.78 Å². The number of allylic oxidation sites excluding steroid dienone is 1. The minimum atomic E-state index is -0.423. The van der Waals surface area contributed by atoms with Gasteiger partial charge in [-0.05, 0) is 19.8 Å². The Hall–Kier alpha value is -0.300. The van der Waals surface area contributed by atoms with E-state index in [1.165, 1.54) is 0 Å². The van der Waals surface area contributed by atoms with Crippen molar-refractivity contribution in [2.45, 2.75) is 40.5 Å². The minimum absolute atomic E-state index is 0.241. The molecule has 2 heteroatoms. The van der Waals surface area contributed by atoms with Gasteiger partial charge in [0.15, 0.2) is 0 Å². The lowest BCUT2D eigenvalue weighted by Gasteiger charge is -2.31. The molecule has 0 aromatic heterocycles. The monoisotopic (exact) mass is 216 g/mol. The Kier molecular flexibility index (Phi) is 4.87. The molecule has 0 bridgehead atoms. The van der Waals surface area contributed by atoms with Gasteiger partial charge >= 0.3 is 0 Å². The molecule has 0 aliphatic carbocycles. The predicted octanol–water partition coefficient (Wildman–Crippen LogP) is 3.81. The summed E-state index contributed by atoms with van der Waals surface area (Å²) in [5.41, 5.74) is -0.734. The highest BCUT2D eigenvalue weighted by atomic mass is 35.5. The molecule has 0 aliphatic heterocycles. The third kappa shape index (κ3) is 3.45. The maximum Gasteiger partial charge on any atom is 0.147 e. The van der Waals surface area contributed by atoms with Crippen LogP contribution in [0.2, 0.25) is 0 Å². The number of carbonyl (C=O) groups is 1. The number of Topliss-reactive ketones (excluding diaryl/α,β-unsaturated/α-hetero) is 1. The van der Waals surface area contributed by atoms with Gasteiger partial charge < -0.3 is 0 Å². The second-order valence-electron chi connectivity index (χ2n) is 4.99. The van der Waals surface area contributed by atoms with Gasteiger partial charge in [0.25, 0.3) is 0 Å². The van der Waals surface area contributed by atoms with E-state index in [0.29, 0.717) is 5.88 Å². The standard InChI is InChI=1S/C12H21ClO/c1-6-12(5,8-7-9-13)10(14)11(2,3)4/h6H,1,7-9H2,2-5H3. The lowest BCUT2D eigenvalue weighted by molar-refractivity contribution is -0.133. The van der Waals surface area contributed by atoms with Crippen LogP contribution in [0.5, 0.6) is 0 Å². The predicted molar refractivity (Wildman–Crippen MR) is 62.7 cm³/mol. The molecule has 0 N–H and O–H groups in total. The topological polar surface area (TPSA) is 17.1 Å². The molecule has 0 aliphatic rings. The number of carbonyl (C=O) groups excluding carboxylic acids is 1. The molecule has 0 saturated carbocycles. The summed E-state index contributed by atoms with van der Waals surface area (Å²) in [4.78, 5) is 12.1. The van der Waals surface area contributed by atoms with Crippen molar-refractivity contribution >= 4 is 17.4 Å². The number of ketones is 1. The molecule has 82 valence electrons. The molecule has 1 atom stereocenters. The van der Waals surface area contributed by atoms with Crippen LogP contribution in [0.3, 0.4) is 0 Å². The summed E-state index contributed by atoms with van der Waals surface area (Å²) in [6, 6.07) is 0. The Morgan fingerprint density at radius 1 is 1.36 bits per heavy atom. The summed E-state index contributed by atoms with van der Waals surface area (Å²) in [6.45, 7) is 11.5. The maximum atomic E-state index is 12.1. The number of hydrogen-bond donors (Lipinski definition) is 0. The summed E-state index contributed by atoms with van der Waals surface area (Å²) in [7, 11) is 0. The third-order valence-corrected chi connectivity index (χ3v) is 2.75. The van der Waals surface area contributed by atoms with E-state index in [2.05, 4.69) is 6.58 Å². The van der Waals surface area contributed by atoms with Crippen LogP contribution >= 0.6 is 11.6 Å². The quantitative estimate of drug-likeness (QED) is 0.505. The van der Waals surface area contributed by atoms with Crippen molar-refractivity contribution in [2.24, 2.45) is 10.8 Å². The van der Waals surface area contributed by atoms with Gasteiger partial charge in [0.05, 0.1) is 0 Å². The average Bonchev–Trinajstić information content (AvgIpc) is 2.11. The Morgan fingerprint density at radius 3 is 2.14 bits per heavy atom. The van der Waals surface area contributed by atoms with E-state index >= 15 is 0 Å². The lowest BCUT2D eigenvalue weighted by atomic mass is 9.71. The zero-order chi connectivity index (χ0) is 11.4. The number of rotatable bonds is 5. The minimum Gasteiger partial charge on any atom is -0.298 e. The molecule has 0 fully saturated rings. The molecule has 14 heavy (non-hydrogen) atoms.